The molecule has 0 saturated carbocycles. The van der Waals surface area contributed by atoms with Gasteiger partial charge in [-0.25, -0.2) is 0 Å². The summed E-state index contributed by atoms with van der Waals surface area (Å²) in [7, 11) is 0. The van der Waals surface area contributed by atoms with Crippen LogP contribution in [0.3, 0.4) is 0 Å². The predicted molar refractivity (Wildman–Crippen MR) is 127 cm³/mol. The van der Waals surface area contributed by atoms with Gasteiger partial charge in [-0.3, -0.25) is 9.59 Å². The maximum absolute atomic E-state index is 13.1. The van der Waals surface area contributed by atoms with Crippen molar-refractivity contribution in [3.8, 4) is 16.9 Å². The Labute approximate surface area is 189 Å². The van der Waals surface area contributed by atoms with Crippen molar-refractivity contribution in [2.75, 3.05) is 13.1 Å². The van der Waals surface area contributed by atoms with Crippen LogP contribution in [0.4, 0.5) is 0 Å². The van der Waals surface area contributed by atoms with Crippen LogP contribution in [0.15, 0.2) is 78.9 Å². The fourth-order valence-electron chi connectivity index (χ4n) is 3.52. The normalized spacial score (nSPS) is 10.5. The van der Waals surface area contributed by atoms with E-state index in [4.69, 9.17) is 0 Å². The number of unbranched alkanes of at least 4 members (excludes halogenated alkanes) is 1. The Morgan fingerprint density at radius 3 is 2.28 bits per heavy atom. The van der Waals surface area contributed by atoms with Crippen LogP contribution in [-0.2, 0) is 22.6 Å². The van der Waals surface area contributed by atoms with Gasteiger partial charge in [-0.15, -0.1) is 0 Å². The zero-order chi connectivity index (χ0) is 22.8. The highest BCUT2D eigenvalue weighted by Gasteiger charge is 2.20. The standard InChI is InChI=1S/C27H30N2O3/c1-2-3-17-28-25(30)20-29(26(31)18-21-11-6-4-7-12-21)19-23-15-10-16-24(27(23)32)22-13-8-5-9-14-22/h4-16,32H,2-3,17-20H2,1H3,(H,28,30). The number of phenolic OH excluding ortho intramolecular Hbond substituents is 1. The number of aromatic hydroxyl groups is 1. The van der Waals surface area contributed by atoms with E-state index in [0.717, 1.165) is 24.0 Å². The van der Waals surface area contributed by atoms with Gasteiger partial charge in [-0.05, 0) is 17.5 Å². The number of carbonyl (C=O) groups excluding carboxylic acids is 2. The van der Waals surface area contributed by atoms with Crippen LogP contribution < -0.4 is 5.32 Å². The molecule has 0 fully saturated rings. The molecule has 0 aliphatic heterocycles. The molecule has 0 heterocycles. The molecule has 0 radical (unpaired) electrons. The first-order valence-electron chi connectivity index (χ1n) is 11.0. The summed E-state index contributed by atoms with van der Waals surface area (Å²) in [5.41, 5.74) is 3.09. The average molecular weight is 431 g/mol. The van der Waals surface area contributed by atoms with Crippen molar-refractivity contribution in [1.29, 1.82) is 0 Å². The molecule has 5 heteroatoms. The van der Waals surface area contributed by atoms with E-state index in [1.54, 1.807) is 6.07 Å². The average Bonchev–Trinajstić information content (AvgIpc) is 2.81. The number of amides is 2. The molecule has 2 amide bonds. The Kier molecular flexibility index (Phi) is 8.44. The van der Waals surface area contributed by atoms with Gasteiger partial charge in [0, 0.05) is 24.2 Å². The quantitative estimate of drug-likeness (QED) is 0.464. The van der Waals surface area contributed by atoms with Crippen LogP contribution in [0.25, 0.3) is 11.1 Å². The monoisotopic (exact) mass is 430 g/mol. The van der Waals surface area contributed by atoms with Crippen LogP contribution in [0.2, 0.25) is 0 Å². The number of hydrogen-bond acceptors (Lipinski definition) is 3. The van der Waals surface area contributed by atoms with Gasteiger partial charge >= 0.3 is 0 Å². The number of hydrogen-bond donors (Lipinski definition) is 2. The lowest BCUT2D eigenvalue weighted by atomic mass is 10.0. The number of para-hydroxylation sites is 1. The van der Waals surface area contributed by atoms with E-state index in [-0.39, 0.29) is 37.1 Å². The van der Waals surface area contributed by atoms with Gasteiger partial charge in [0.05, 0.1) is 13.0 Å². The number of carbonyl (C=O) groups is 2. The first-order chi connectivity index (χ1) is 15.6. The van der Waals surface area contributed by atoms with Gasteiger partial charge in [0.2, 0.25) is 11.8 Å². The Morgan fingerprint density at radius 2 is 1.59 bits per heavy atom. The van der Waals surface area contributed by atoms with Crippen LogP contribution >= 0.6 is 0 Å². The van der Waals surface area contributed by atoms with Crippen molar-refractivity contribution >= 4 is 11.8 Å². The van der Waals surface area contributed by atoms with Gasteiger partial charge in [0.25, 0.3) is 0 Å². The highest BCUT2D eigenvalue weighted by atomic mass is 16.3. The number of phenols is 1. The van der Waals surface area contributed by atoms with Crippen LogP contribution in [0.5, 0.6) is 5.75 Å². The topological polar surface area (TPSA) is 69.6 Å². The third-order valence-corrected chi connectivity index (χ3v) is 5.30. The molecule has 0 atom stereocenters. The van der Waals surface area contributed by atoms with Gasteiger partial charge in [-0.1, -0.05) is 92.2 Å². The molecule has 0 saturated heterocycles. The largest absolute Gasteiger partial charge is 0.507 e. The van der Waals surface area contributed by atoms with Crippen LogP contribution in [0, 0.1) is 0 Å². The molecule has 3 rings (SSSR count). The third-order valence-electron chi connectivity index (χ3n) is 5.30. The highest BCUT2D eigenvalue weighted by Crippen LogP contribution is 2.32. The first kappa shape index (κ1) is 23.1. The molecular formula is C27H30N2O3. The molecule has 0 bridgehead atoms. The van der Waals surface area contributed by atoms with Gasteiger partial charge in [0.1, 0.15) is 5.75 Å². The van der Waals surface area contributed by atoms with E-state index >= 15 is 0 Å². The van der Waals surface area contributed by atoms with Crippen molar-refractivity contribution in [3.63, 3.8) is 0 Å². The molecule has 0 unspecified atom stereocenters. The van der Waals surface area contributed by atoms with E-state index in [2.05, 4.69) is 12.2 Å². The predicted octanol–water partition coefficient (Wildman–Crippen LogP) is 4.55. The fourth-order valence-corrected chi connectivity index (χ4v) is 3.52. The van der Waals surface area contributed by atoms with Crippen molar-refractivity contribution in [2.24, 2.45) is 0 Å². The molecule has 0 aliphatic rings. The van der Waals surface area contributed by atoms with E-state index in [1.807, 2.05) is 72.8 Å². The SMILES string of the molecule is CCCCNC(=O)CN(Cc1cccc(-c2ccccc2)c1O)C(=O)Cc1ccccc1. The zero-order valence-electron chi connectivity index (χ0n) is 18.5. The molecule has 3 aromatic carbocycles. The number of rotatable bonds is 10. The molecule has 166 valence electrons. The summed E-state index contributed by atoms with van der Waals surface area (Å²) in [6, 6.07) is 24.6. The first-order valence-corrected chi connectivity index (χ1v) is 11.0. The van der Waals surface area contributed by atoms with E-state index in [1.165, 1.54) is 4.90 Å². The fraction of sp³-hybridized carbons (Fsp3) is 0.259. The summed E-state index contributed by atoms with van der Waals surface area (Å²) in [4.78, 5) is 27.1. The summed E-state index contributed by atoms with van der Waals surface area (Å²) in [6.07, 6.45) is 2.07. The lowest BCUT2D eigenvalue weighted by molar-refractivity contribution is -0.136. The van der Waals surface area contributed by atoms with Gasteiger partial charge in [0.15, 0.2) is 0 Å². The zero-order valence-corrected chi connectivity index (χ0v) is 18.5. The third kappa shape index (κ3) is 6.45. The van der Waals surface area contributed by atoms with Gasteiger partial charge in [-0.2, -0.15) is 0 Å². The summed E-state index contributed by atoms with van der Waals surface area (Å²) in [5, 5.41) is 13.8. The molecule has 2 N–H and O–H groups in total. The Morgan fingerprint density at radius 1 is 0.906 bits per heavy atom. The lowest BCUT2D eigenvalue weighted by Gasteiger charge is -2.23. The minimum atomic E-state index is -0.196. The molecule has 0 spiro atoms. The summed E-state index contributed by atoms with van der Waals surface area (Å²) < 4.78 is 0. The Balaban J connectivity index is 1.81. The summed E-state index contributed by atoms with van der Waals surface area (Å²) in [6.45, 7) is 2.75. The highest BCUT2D eigenvalue weighted by molar-refractivity contribution is 5.86. The maximum atomic E-state index is 13.1. The second kappa shape index (κ2) is 11.7. The molecule has 32 heavy (non-hydrogen) atoms. The molecule has 3 aromatic rings. The minimum Gasteiger partial charge on any atom is -0.507 e. The molecule has 0 aromatic heterocycles. The summed E-state index contributed by atoms with van der Waals surface area (Å²) >= 11 is 0. The van der Waals surface area contributed by atoms with Crippen molar-refractivity contribution < 1.29 is 14.7 Å². The number of nitrogens with zero attached hydrogens (tertiary/aromatic N) is 1. The summed E-state index contributed by atoms with van der Waals surface area (Å²) in [5.74, 6) is -0.229. The Bertz CT molecular complexity index is 1020. The maximum Gasteiger partial charge on any atom is 0.239 e. The van der Waals surface area contributed by atoms with Crippen molar-refractivity contribution in [2.45, 2.75) is 32.7 Å². The van der Waals surface area contributed by atoms with E-state index in [9.17, 15) is 14.7 Å². The van der Waals surface area contributed by atoms with Crippen molar-refractivity contribution in [3.05, 3.63) is 90.0 Å². The molecular weight excluding hydrogens is 400 g/mol. The van der Waals surface area contributed by atoms with Gasteiger partial charge < -0.3 is 15.3 Å². The van der Waals surface area contributed by atoms with E-state index in [0.29, 0.717) is 17.7 Å². The second-order valence-corrected chi connectivity index (χ2v) is 7.80. The second-order valence-electron chi connectivity index (χ2n) is 7.80. The van der Waals surface area contributed by atoms with Crippen LogP contribution in [0.1, 0.15) is 30.9 Å². The van der Waals surface area contributed by atoms with Crippen LogP contribution in [-0.4, -0.2) is 34.9 Å². The molecule has 0 aliphatic carbocycles. The van der Waals surface area contributed by atoms with Crippen molar-refractivity contribution in [1.82, 2.24) is 10.2 Å². The Hall–Kier alpha value is -3.60. The number of nitrogens with one attached hydrogen (secondary N) is 1. The lowest BCUT2D eigenvalue weighted by Crippen LogP contribution is -2.41. The minimum absolute atomic E-state index is 0.0512. The molecule has 5 nitrogen and oxygen atoms in total. The number of benzene rings is 3. The smallest absolute Gasteiger partial charge is 0.239 e. The van der Waals surface area contributed by atoms with E-state index < -0.39 is 0 Å².